The van der Waals surface area contributed by atoms with E-state index in [1.807, 2.05) is 0 Å². The molecular formula is C18H18O7. The Morgan fingerprint density at radius 1 is 0.880 bits per heavy atom. The monoisotopic (exact) mass is 346 g/mol. The van der Waals surface area contributed by atoms with E-state index in [4.69, 9.17) is 18.9 Å². The SMILES string of the molecule is O=C(OCC1CO1)c1ccc(C(=O)CC2CO2)c(C(=O)CC2CO2)c1. The highest BCUT2D eigenvalue weighted by atomic mass is 16.6. The Morgan fingerprint density at radius 2 is 1.44 bits per heavy atom. The maximum Gasteiger partial charge on any atom is 0.338 e. The zero-order chi connectivity index (χ0) is 17.4. The van der Waals surface area contributed by atoms with Crippen molar-refractivity contribution in [2.45, 2.75) is 31.2 Å². The number of rotatable bonds is 9. The van der Waals surface area contributed by atoms with Crippen LogP contribution in [0.4, 0.5) is 0 Å². The molecule has 3 saturated heterocycles. The molecule has 3 fully saturated rings. The van der Waals surface area contributed by atoms with E-state index in [1.165, 1.54) is 18.2 Å². The Balaban J connectivity index is 1.54. The van der Waals surface area contributed by atoms with Gasteiger partial charge in [-0.05, 0) is 18.2 Å². The van der Waals surface area contributed by atoms with Crippen LogP contribution in [0.3, 0.4) is 0 Å². The summed E-state index contributed by atoms with van der Waals surface area (Å²) in [7, 11) is 0. The third-order valence-corrected chi connectivity index (χ3v) is 4.29. The van der Waals surface area contributed by atoms with Gasteiger partial charge >= 0.3 is 5.97 Å². The molecule has 0 N–H and O–H groups in total. The minimum atomic E-state index is -0.531. The minimum absolute atomic E-state index is 0.0311. The van der Waals surface area contributed by atoms with Crippen LogP contribution in [-0.4, -0.2) is 62.3 Å². The standard InChI is InChI=1S/C18H18O7/c19-16(4-11-6-22-11)14-2-1-10(18(21)25-9-13-8-24-13)3-15(14)17(20)5-12-7-23-12/h1-3,11-13H,4-9H2. The molecule has 132 valence electrons. The van der Waals surface area contributed by atoms with E-state index in [0.717, 1.165) is 0 Å². The predicted octanol–water partition coefficient (Wildman–Crippen LogP) is 1.19. The summed E-state index contributed by atoms with van der Waals surface area (Å²) in [5, 5.41) is 0. The van der Waals surface area contributed by atoms with Gasteiger partial charge in [-0.25, -0.2) is 4.79 Å². The quantitative estimate of drug-likeness (QED) is 0.376. The van der Waals surface area contributed by atoms with Crippen molar-refractivity contribution in [2.75, 3.05) is 26.4 Å². The van der Waals surface area contributed by atoms with Crippen LogP contribution in [0, 0.1) is 0 Å². The summed E-state index contributed by atoms with van der Waals surface area (Å²) in [5.74, 6) is -0.895. The van der Waals surface area contributed by atoms with E-state index in [0.29, 0.717) is 25.4 Å². The smallest absolute Gasteiger partial charge is 0.338 e. The van der Waals surface area contributed by atoms with Crippen LogP contribution < -0.4 is 0 Å². The van der Waals surface area contributed by atoms with Crippen LogP contribution in [0.5, 0.6) is 0 Å². The molecule has 3 heterocycles. The molecule has 7 nitrogen and oxygen atoms in total. The molecule has 0 spiro atoms. The average Bonchev–Trinajstić information content (AvgIpc) is 3.45. The molecule has 0 amide bonds. The third-order valence-electron chi connectivity index (χ3n) is 4.29. The van der Waals surface area contributed by atoms with Crippen molar-refractivity contribution >= 4 is 17.5 Å². The lowest BCUT2D eigenvalue weighted by atomic mass is 9.94. The molecule has 0 bridgehead atoms. The first-order chi connectivity index (χ1) is 12.1. The molecule has 0 radical (unpaired) electrons. The summed E-state index contributed by atoms with van der Waals surface area (Å²) < 4.78 is 20.3. The van der Waals surface area contributed by atoms with Gasteiger partial charge < -0.3 is 18.9 Å². The van der Waals surface area contributed by atoms with Crippen molar-refractivity contribution in [2.24, 2.45) is 0 Å². The molecule has 3 aliphatic rings. The predicted molar refractivity (Wildman–Crippen MR) is 83.8 cm³/mol. The van der Waals surface area contributed by atoms with Crippen LogP contribution in [0.1, 0.15) is 43.9 Å². The van der Waals surface area contributed by atoms with Gasteiger partial charge in [0, 0.05) is 24.0 Å². The van der Waals surface area contributed by atoms with E-state index in [2.05, 4.69) is 0 Å². The zero-order valence-corrected chi connectivity index (χ0v) is 13.6. The minimum Gasteiger partial charge on any atom is -0.459 e. The molecule has 3 unspecified atom stereocenters. The Hall–Kier alpha value is -2.09. The number of epoxide rings is 3. The Morgan fingerprint density at radius 3 is 2.00 bits per heavy atom. The molecule has 1 aromatic rings. The number of hydrogen-bond acceptors (Lipinski definition) is 7. The topological polar surface area (TPSA) is 98.0 Å². The number of hydrogen-bond donors (Lipinski definition) is 0. The van der Waals surface area contributed by atoms with Crippen LogP contribution in [0.15, 0.2) is 18.2 Å². The molecular weight excluding hydrogens is 328 g/mol. The van der Waals surface area contributed by atoms with Crippen LogP contribution in [-0.2, 0) is 18.9 Å². The Bertz CT molecular complexity index is 714. The van der Waals surface area contributed by atoms with Crippen LogP contribution in [0.2, 0.25) is 0 Å². The molecule has 4 rings (SSSR count). The lowest BCUT2D eigenvalue weighted by Crippen LogP contribution is -2.15. The molecule has 0 aromatic heterocycles. The van der Waals surface area contributed by atoms with Crippen molar-refractivity contribution in [1.29, 1.82) is 0 Å². The molecule has 25 heavy (non-hydrogen) atoms. The Kier molecular flexibility index (Phi) is 4.37. The van der Waals surface area contributed by atoms with Crippen LogP contribution >= 0.6 is 0 Å². The lowest BCUT2D eigenvalue weighted by molar-refractivity contribution is 0.0476. The van der Waals surface area contributed by atoms with Gasteiger partial charge in [-0.1, -0.05) is 0 Å². The fourth-order valence-corrected chi connectivity index (χ4v) is 2.57. The highest BCUT2D eigenvalue weighted by Crippen LogP contribution is 2.24. The Labute approximate surface area is 144 Å². The maximum absolute atomic E-state index is 12.5. The van der Waals surface area contributed by atoms with Gasteiger partial charge in [0.25, 0.3) is 0 Å². The van der Waals surface area contributed by atoms with Crippen molar-refractivity contribution in [1.82, 2.24) is 0 Å². The second-order valence-electron chi connectivity index (χ2n) is 6.48. The van der Waals surface area contributed by atoms with Gasteiger partial charge in [0.15, 0.2) is 11.6 Å². The number of carbonyl (C=O) groups is 3. The number of carbonyl (C=O) groups excluding carboxylic acids is 3. The van der Waals surface area contributed by atoms with Crippen molar-refractivity contribution in [3.05, 3.63) is 34.9 Å². The maximum atomic E-state index is 12.5. The van der Waals surface area contributed by atoms with Gasteiger partial charge in [-0.2, -0.15) is 0 Å². The zero-order valence-electron chi connectivity index (χ0n) is 13.6. The first kappa shape index (κ1) is 16.4. The van der Waals surface area contributed by atoms with E-state index in [-0.39, 0.29) is 60.5 Å². The molecule has 0 aliphatic carbocycles. The number of benzene rings is 1. The van der Waals surface area contributed by atoms with Gasteiger partial charge in [-0.15, -0.1) is 0 Å². The fourth-order valence-electron chi connectivity index (χ4n) is 2.57. The summed E-state index contributed by atoms with van der Waals surface area (Å²) in [6.07, 6.45) is 0.254. The van der Waals surface area contributed by atoms with Gasteiger partial charge in [0.2, 0.25) is 0 Å². The van der Waals surface area contributed by atoms with Crippen molar-refractivity contribution in [3.63, 3.8) is 0 Å². The van der Waals surface area contributed by atoms with Crippen molar-refractivity contribution in [3.8, 4) is 0 Å². The first-order valence-electron chi connectivity index (χ1n) is 8.32. The molecule has 3 aliphatic heterocycles. The van der Waals surface area contributed by atoms with Gasteiger partial charge in [0.05, 0.1) is 37.6 Å². The van der Waals surface area contributed by atoms with E-state index < -0.39 is 5.97 Å². The highest BCUT2D eigenvalue weighted by Gasteiger charge is 2.31. The molecule has 7 heteroatoms. The summed E-state index contributed by atoms with van der Waals surface area (Å²) in [6, 6.07) is 4.49. The molecule has 0 saturated carbocycles. The van der Waals surface area contributed by atoms with E-state index in [9.17, 15) is 14.4 Å². The number of ketones is 2. The second kappa shape index (κ2) is 6.67. The van der Waals surface area contributed by atoms with E-state index in [1.54, 1.807) is 0 Å². The van der Waals surface area contributed by atoms with Crippen LogP contribution in [0.25, 0.3) is 0 Å². The van der Waals surface area contributed by atoms with Crippen molar-refractivity contribution < 1.29 is 33.3 Å². The van der Waals surface area contributed by atoms with E-state index >= 15 is 0 Å². The largest absolute Gasteiger partial charge is 0.459 e. The summed E-state index contributed by atoms with van der Waals surface area (Å²) in [6.45, 7) is 1.90. The normalized spacial score (nSPS) is 26.0. The number of ether oxygens (including phenoxy) is 4. The summed E-state index contributed by atoms with van der Waals surface area (Å²) in [5.41, 5.74) is 0.821. The van der Waals surface area contributed by atoms with Gasteiger partial charge in [0.1, 0.15) is 12.7 Å². The molecule has 3 atom stereocenters. The molecule has 1 aromatic carbocycles. The number of Topliss-reactive ketones (excluding diaryl/α,β-unsaturated/α-hetero) is 2. The summed E-state index contributed by atoms with van der Waals surface area (Å²) in [4.78, 5) is 37.1. The third kappa shape index (κ3) is 4.31. The fraction of sp³-hybridized carbons (Fsp3) is 0.500. The number of esters is 1. The van der Waals surface area contributed by atoms with Gasteiger partial charge in [-0.3, -0.25) is 9.59 Å². The average molecular weight is 346 g/mol. The second-order valence-corrected chi connectivity index (χ2v) is 6.48. The first-order valence-corrected chi connectivity index (χ1v) is 8.32. The highest BCUT2D eigenvalue weighted by molar-refractivity contribution is 6.10. The lowest BCUT2D eigenvalue weighted by Gasteiger charge is -2.10. The summed E-state index contributed by atoms with van der Waals surface area (Å²) >= 11 is 0.